The zero-order chi connectivity index (χ0) is 7.28. The largest absolute Gasteiger partial charge is 0.343 e. The summed E-state index contributed by atoms with van der Waals surface area (Å²) in [6.07, 6.45) is -5.05. The molecule has 0 saturated carbocycles. The molecule has 1 unspecified atom stereocenters. The lowest BCUT2D eigenvalue weighted by Crippen LogP contribution is -2.04. The van der Waals surface area contributed by atoms with Gasteiger partial charge in [0.2, 0.25) is 0 Å². The second-order valence-corrected chi connectivity index (χ2v) is 1.59. The molecular weight excluding hydrogens is 136 g/mol. The van der Waals surface area contributed by atoms with Crippen molar-refractivity contribution in [3.63, 3.8) is 0 Å². The van der Waals surface area contributed by atoms with Crippen molar-refractivity contribution in [1.82, 2.24) is 0 Å². The topological polar surface area (TPSA) is 0 Å². The Hall–Kier alpha value is -0.280. The van der Waals surface area contributed by atoms with E-state index in [1.807, 2.05) is 0 Å². The molecule has 0 amide bonds. The fraction of sp³-hybridized carbons (Fsp3) is 0.800. The Morgan fingerprint density at radius 2 is 1.89 bits per heavy atom. The highest BCUT2D eigenvalue weighted by molar-refractivity contribution is 4.72. The van der Waals surface area contributed by atoms with Gasteiger partial charge >= 0.3 is 6.43 Å². The van der Waals surface area contributed by atoms with Gasteiger partial charge in [0, 0.05) is 0 Å². The predicted octanol–water partition coefficient (Wildman–Crippen LogP) is 2.50. The van der Waals surface area contributed by atoms with Crippen molar-refractivity contribution in [3.8, 4) is 0 Å². The average Bonchev–Trinajstić information content (AvgIpc) is 1.82. The van der Waals surface area contributed by atoms with Crippen LogP contribution in [0.15, 0.2) is 0 Å². The van der Waals surface area contributed by atoms with Crippen molar-refractivity contribution < 1.29 is 17.6 Å². The third kappa shape index (κ3) is 4.24. The molecule has 0 nitrogen and oxygen atoms in total. The van der Waals surface area contributed by atoms with Crippen LogP contribution in [-0.2, 0) is 0 Å². The molecule has 0 spiro atoms. The Morgan fingerprint density at radius 3 is 2.22 bits per heavy atom. The molecule has 0 N–H and O–H groups in total. The van der Waals surface area contributed by atoms with Crippen LogP contribution in [0.2, 0.25) is 0 Å². The van der Waals surface area contributed by atoms with Crippen LogP contribution in [0.5, 0.6) is 0 Å². The molecule has 55 valence electrons. The van der Waals surface area contributed by atoms with Crippen molar-refractivity contribution in [3.05, 3.63) is 6.43 Å². The minimum Gasteiger partial charge on any atom is -0.251 e. The van der Waals surface area contributed by atoms with E-state index >= 15 is 0 Å². The van der Waals surface area contributed by atoms with Crippen molar-refractivity contribution in [2.45, 2.75) is 19.0 Å². The summed E-state index contributed by atoms with van der Waals surface area (Å²) in [5, 5.41) is 0. The van der Waals surface area contributed by atoms with Gasteiger partial charge in [-0.15, -0.1) is 0 Å². The van der Waals surface area contributed by atoms with Gasteiger partial charge in [-0.1, -0.05) is 0 Å². The lowest BCUT2D eigenvalue weighted by Gasteiger charge is -2.01. The van der Waals surface area contributed by atoms with Gasteiger partial charge in [-0.2, -0.15) is 8.78 Å². The van der Waals surface area contributed by atoms with Crippen molar-refractivity contribution in [2.75, 3.05) is 6.67 Å². The Labute approximate surface area is 50.9 Å². The smallest absolute Gasteiger partial charge is 0.251 e. The number of alkyl halides is 2. The van der Waals surface area contributed by atoms with Gasteiger partial charge in [0.25, 0.3) is 0 Å². The normalized spacial score (nSPS) is 14.3. The van der Waals surface area contributed by atoms with Crippen LogP contribution in [0, 0.1) is 6.43 Å². The highest BCUT2D eigenvalue weighted by Gasteiger charge is 2.20. The Morgan fingerprint density at radius 1 is 1.33 bits per heavy atom. The SMILES string of the molecule is FCCCC(F)[C](F)F. The first kappa shape index (κ1) is 8.72. The van der Waals surface area contributed by atoms with Crippen LogP contribution in [-0.4, -0.2) is 12.8 Å². The number of rotatable bonds is 4. The minimum atomic E-state index is -2.26. The summed E-state index contributed by atoms with van der Waals surface area (Å²) in [5.74, 6) is 0. The zero-order valence-corrected chi connectivity index (χ0v) is 4.71. The van der Waals surface area contributed by atoms with E-state index in [2.05, 4.69) is 0 Å². The summed E-state index contributed by atoms with van der Waals surface area (Å²) in [5.41, 5.74) is 0. The van der Waals surface area contributed by atoms with E-state index in [4.69, 9.17) is 0 Å². The lowest BCUT2D eigenvalue weighted by atomic mass is 10.2. The van der Waals surface area contributed by atoms with E-state index in [0.717, 1.165) is 0 Å². The van der Waals surface area contributed by atoms with Gasteiger partial charge in [0.15, 0.2) is 6.17 Å². The molecule has 0 heterocycles. The molecule has 0 bridgehead atoms. The highest BCUT2D eigenvalue weighted by atomic mass is 19.3. The maximum Gasteiger partial charge on any atom is 0.343 e. The van der Waals surface area contributed by atoms with Crippen LogP contribution in [0.3, 0.4) is 0 Å². The maximum atomic E-state index is 11.8. The summed E-state index contributed by atoms with van der Waals surface area (Å²) in [6.45, 7) is -0.742. The summed E-state index contributed by atoms with van der Waals surface area (Å²) < 4.78 is 45.3. The van der Waals surface area contributed by atoms with E-state index in [9.17, 15) is 17.6 Å². The summed E-state index contributed by atoms with van der Waals surface area (Å²) >= 11 is 0. The number of hydrogen-bond donors (Lipinski definition) is 0. The predicted molar refractivity (Wildman–Crippen MR) is 25.6 cm³/mol. The molecule has 0 aliphatic rings. The van der Waals surface area contributed by atoms with E-state index in [0.29, 0.717) is 0 Å². The minimum absolute atomic E-state index is 0.140. The molecule has 0 aromatic heterocycles. The van der Waals surface area contributed by atoms with E-state index in [1.165, 1.54) is 0 Å². The van der Waals surface area contributed by atoms with Gasteiger partial charge in [0.05, 0.1) is 6.67 Å². The van der Waals surface area contributed by atoms with Crippen molar-refractivity contribution in [2.24, 2.45) is 0 Å². The first-order valence-electron chi connectivity index (χ1n) is 2.56. The van der Waals surface area contributed by atoms with Crippen LogP contribution >= 0.6 is 0 Å². The van der Waals surface area contributed by atoms with Gasteiger partial charge in [-0.05, 0) is 12.8 Å². The van der Waals surface area contributed by atoms with E-state index in [1.54, 1.807) is 0 Å². The molecule has 0 saturated heterocycles. The summed E-state index contributed by atoms with van der Waals surface area (Å²) in [4.78, 5) is 0. The van der Waals surface area contributed by atoms with Crippen LogP contribution in [0.25, 0.3) is 0 Å². The maximum absolute atomic E-state index is 11.8. The molecule has 0 aromatic carbocycles. The van der Waals surface area contributed by atoms with E-state index in [-0.39, 0.29) is 6.42 Å². The monoisotopic (exact) mass is 143 g/mol. The lowest BCUT2D eigenvalue weighted by molar-refractivity contribution is 0.147. The molecular formula is C5H7F4. The second-order valence-electron chi connectivity index (χ2n) is 1.59. The molecule has 0 fully saturated rings. The summed E-state index contributed by atoms with van der Waals surface area (Å²) in [7, 11) is 0. The Kier molecular flexibility index (Phi) is 4.44. The van der Waals surface area contributed by atoms with E-state index < -0.39 is 25.7 Å². The van der Waals surface area contributed by atoms with Gasteiger partial charge in [-0.25, -0.2) is 4.39 Å². The second kappa shape index (κ2) is 4.58. The number of halogens is 4. The molecule has 4 heteroatoms. The zero-order valence-electron chi connectivity index (χ0n) is 4.71. The molecule has 1 atom stereocenters. The van der Waals surface area contributed by atoms with Crippen LogP contribution in [0.1, 0.15) is 12.8 Å². The van der Waals surface area contributed by atoms with Crippen LogP contribution < -0.4 is 0 Å². The molecule has 0 aliphatic carbocycles. The first-order valence-corrected chi connectivity index (χ1v) is 2.56. The van der Waals surface area contributed by atoms with Crippen molar-refractivity contribution in [1.29, 1.82) is 0 Å². The standard InChI is InChI=1S/C5H7F4/c6-3-1-2-4(7)5(8)9/h4H,1-3H2. The van der Waals surface area contributed by atoms with Gasteiger partial charge < -0.3 is 0 Å². The Bertz CT molecular complexity index is 64.0. The van der Waals surface area contributed by atoms with Crippen LogP contribution in [0.4, 0.5) is 17.6 Å². The number of hydrogen-bond acceptors (Lipinski definition) is 0. The summed E-state index contributed by atoms with van der Waals surface area (Å²) in [6, 6.07) is 0. The average molecular weight is 143 g/mol. The van der Waals surface area contributed by atoms with Gasteiger partial charge in [0.1, 0.15) is 0 Å². The quantitative estimate of drug-likeness (QED) is 0.530. The fourth-order valence-electron chi connectivity index (χ4n) is 0.365. The molecule has 0 rings (SSSR count). The third-order valence-corrected chi connectivity index (χ3v) is 0.828. The molecule has 9 heavy (non-hydrogen) atoms. The molecule has 0 aliphatic heterocycles. The molecule has 1 radical (unpaired) electrons. The Balaban J connectivity index is 3.16. The fourth-order valence-corrected chi connectivity index (χ4v) is 0.365. The molecule has 0 aromatic rings. The first-order chi connectivity index (χ1) is 4.18. The third-order valence-electron chi connectivity index (χ3n) is 0.828. The van der Waals surface area contributed by atoms with Gasteiger partial charge in [-0.3, -0.25) is 4.39 Å². The van der Waals surface area contributed by atoms with Crippen molar-refractivity contribution >= 4 is 0 Å². The highest BCUT2D eigenvalue weighted by Crippen LogP contribution is 2.17.